The van der Waals surface area contributed by atoms with Crippen LogP contribution in [0.15, 0.2) is 36.5 Å². The van der Waals surface area contributed by atoms with E-state index in [2.05, 4.69) is 43.5 Å². The van der Waals surface area contributed by atoms with Gasteiger partial charge in [-0.05, 0) is 83.5 Å². The molecule has 6 heteroatoms. The van der Waals surface area contributed by atoms with Crippen LogP contribution < -0.4 is 5.32 Å². The first-order valence-electron chi connectivity index (χ1n) is 32.3. The van der Waals surface area contributed by atoms with E-state index in [-0.39, 0.29) is 18.5 Å². The molecule has 0 aromatic rings. The molecule has 2 atom stereocenters. The Bertz CT molecular complexity index is 1170. The number of nitrogens with one attached hydrogen (secondary N) is 1. The fourth-order valence-corrected chi connectivity index (χ4v) is 9.92. The molecule has 424 valence electrons. The van der Waals surface area contributed by atoms with Crippen molar-refractivity contribution in [2.45, 2.75) is 360 Å². The summed E-state index contributed by atoms with van der Waals surface area (Å²) in [4.78, 5) is 24.5. The summed E-state index contributed by atoms with van der Waals surface area (Å²) in [5.74, 6) is -0.0593. The Balaban J connectivity index is 3.38. The average Bonchev–Trinajstić information content (AvgIpc) is 3.38. The van der Waals surface area contributed by atoms with E-state index in [1.165, 1.54) is 276 Å². The van der Waals surface area contributed by atoms with Crippen molar-refractivity contribution in [2.75, 3.05) is 13.2 Å². The quantitative estimate of drug-likeness (QED) is 0.0320. The van der Waals surface area contributed by atoms with E-state index in [4.69, 9.17) is 4.74 Å². The minimum Gasteiger partial charge on any atom is -0.466 e. The highest BCUT2D eigenvalue weighted by atomic mass is 16.5. The summed E-state index contributed by atoms with van der Waals surface area (Å²) in [6.45, 7) is 4.90. The molecule has 3 N–H and O–H groups in total. The first kappa shape index (κ1) is 70.1. The van der Waals surface area contributed by atoms with Crippen molar-refractivity contribution in [1.29, 1.82) is 0 Å². The molecule has 0 heterocycles. The zero-order valence-corrected chi connectivity index (χ0v) is 48.4. The van der Waals surface area contributed by atoms with Crippen LogP contribution in [0.2, 0.25) is 0 Å². The number of allylic oxidation sites excluding steroid dienone is 5. The zero-order chi connectivity index (χ0) is 52.2. The van der Waals surface area contributed by atoms with Gasteiger partial charge in [-0.25, -0.2) is 0 Å². The van der Waals surface area contributed by atoms with Crippen LogP contribution in [0.3, 0.4) is 0 Å². The molecule has 0 saturated carbocycles. The number of ether oxygens (including phenoxy) is 1. The first-order valence-corrected chi connectivity index (χ1v) is 32.3. The number of esters is 1. The van der Waals surface area contributed by atoms with Crippen molar-refractivity contribution in [2.24, 2.45) is 0 Å². The topological polar surface area (TPSA) is 95.9 Å². The fraction of sp³-hybridized carbons (Fsp3) is 0.879. The lowest BCUT2D eigenvalue weighted by atomic mass is 10.0. The normalized spacial score (nSPS) is 12.8. The number of aliphatic hydroxyl groups excluding tert-OH is 2. The number of hydrogen-bond acceptors (Lipinski definition) is 5. The van der Waals surface area contributed by atoms with Crippen LogP contribution in [0.5, 0.6) is 0 Å². The van der Waals surface area contributed by atoms with Crippen LogP contribution in [0.1, 0.15) is 348 Å². The molecule has 0 saturated heterocycles. The van der Waals surface area contributed by atoms with Gasteiger partial charge in [-0.3, -0.25) is 9.59 Å². The largest absolute Gasteiger partial charge is 0.466 e. The Morgan fingerprint density at radius 1 is 0.375 bits per heavy atom. The summed E-state index contributed by atoms with van der Waals surface area (Å²) in [6, 6.07) is -0.628. The van der Waals surface area contributed by atoms with E-state index in [9.17, 15) is 19.8 Å². The smallest absolute Gasteiger partial charge is 0.305 e. The van der Waals surface area contributed by atoms with Gasteiger partial charge in [0.25, 0.3) is 0 Å². The first-order chi connectivity index (χ1) is 35.5. The maximum atomic E-state index is 12.4. The number of unbranched alkanes of at least 4 members (excludes halogenated alkanes) is 45. The molecule has 0 rings (SSSR count). The Morgan fingerprint density at radius 3 is 0.986 bits per heavy atom. The van der Waals surface area contributed by atoms with Gasteiger partial charge >= 0.3 is 5.97 Å². The predicted octanol–water partition coefficient (Wildman–Crippen LogP) is 20.4. The van der Waals surface area contributed by atoms with Gasteiger partial charge in [-0.2, -0.15) is 0 Å². The predicted molar refractivity (Wildman–Crippen MR) is 315 cm³/mol. The molecule has 6 nitrogen and oxygen atoms in total. The van der Waals surface area contributed by atoms with Crippen molar-refractivity contribution < 1.29 is 24.5 Å². The van der Waals surface area contributed by atoms with Crippen LogP contribution in [0.4, 0.5) is 0 Å². The third-order valence-electron chi connectivity index (χ3n) is 14.9. The lowest BCUT2D eigenvalue weighted by Crippen LogP contribution is -2.45. The molecular formula is C66H125NO5. The second-order valence-electron chi connectivity index (χ2n) is 22.1. The SMILES string of the molecule is CCCCCCCC/C=C\CCCCCCCCCC(=O)OCCCCCCCCCCCCCC/C=C\CCCCCCCCCCCCC(=O)NC(CO)C(O)/C=C/CCCCCCCCCCCC. The van der Waals surface area contributed by atoms with Gasteiger partial charge in [0.1, 0.15) is 0 Å². The monoisotopic (exact) mass is 1010 g/mol. The van der Waals surface area contributed by atoms with Crippen molar-refractivity contribution in [3.05, 3.63) is 36.5 Å². The maximum absolute atomic E-state index is 12.4. The lowest BCUT2D eigenvalue weighted by molar-refractivity contribution is -0.143. The van der Waals surface area contributed by atoms with Crippen LogP contribution in [-0.4, -0.2) is 47.4 Å². The maximum Gasteiger partial charge on any atom is 0.305 e. The van der Waals surface area contributed by atoms with E-state index < -0.39 is 12.1 Å². The third-order valence-corrected chi connectivity index (χ3v) is 14.9. The Labute approximate surface area is 449 Å². The molecule has 2 unspecified atom stereocenters. The minimum absolute atomic E-state index is 0.0106. The van der Waals surface area contributed by atoms with Gasteiger partial charge in [-0.1, -0.05) is 288 Å². The molecular weight excluding hydrogens is 887 g/mol. The van der Waals surface area contributed by atoms with Gasteiger partial charge in [-0.15, -0.1) is 0 Å². The molecule has 0 spiro atoms. The van der Waals surface area contributed by atoms with E-state index in [0.29, 0.717) is 19.4 Å². The highest BCUT2D eigenvalue weighted by Gasteiger charge is 2.18. The summed E-state index contributed by atoms with van der Waals surface area (Å²) in [5.41, 5.74) is 0. The third kappa shape index (κ3) is 57.4. The zero-order valence-electron chi connectivity index (χ0n) is 48.4. The Morgan fingerprint density at radius 2 is 0.653 bits per heavy atom. The summed E-state index contributed by atoms with van der Waals surface area (Å²) < 4.78 is 5.49. The highest BCUT2D eigenvalue weighted by Crippen LogP contribution is 2.17. The number of aliphatic hydroxyl groups is 2. The van der Waals surface area contributed by atoms with Crippen LogP contribution >= 0.6 is 0 Å². The molecule has 0 aliphatic heterocycles. The molecule has 0 bridgehead atoms. The standard InChI is InChI=1S/C66H125NO5/c1-3-5-7-9-11-13-15-17-18-29-33-36-40-44-48-52-56-60-66(71)72-61-57-53-49-45-41-37-34-31-28-26-24-22-20-19-21-23-25-27-30-32-35-39-43-47-51-55-59-65(70)67-63(62-68)64(69)58-54-50-46-42-38-16-14-12-10-8-6-4-2/h17-19,21,54,58,63-64,68-69H,3-16,20,22-53,55-57,59-62H2,1-2H3,(H,67,70)/b18-17-,21-19-,58-54+. The van der Waals surface area contributed by atoms with Crippen molar-refractivity contribution >= 4 is 11.9 Å². The van der Waals surface area contributed by atoms with Gasteiger partial charge in [0.15, 0.2) is 0 Å². The second-order valence-corrected chi connectivity index (χ2v) is 22.1. The van der Waals surface area contributed by atoms with Gasteiger partial charge in [0, 0.05) is 12.8 Å². The molecule has 1 amide bonds. The Hall–Kier alpha value is -1.92. The van der Waals surface area contributed by atoms with Gasteiger partial charge in [0.05, 0.1) is 25.4 Å². The summed E-state index contributed by atoms with van der Waals surface area (Å²) in [7, 11) is 0. The van der Waals surface area contributed by atoms with Crippen LogP contribution in [0, 0.1) is 0 Å². The Kier molecular flexibility index (Phi) is 60.0. The number of carbonyl (C=O) groups is 2. The van der Waals surface area contributed by atoms with E-state index >= 15 is 0 Å². The summed E-state index contributed by atoms with van der Waals surface area (Å²) in [6.07, 6.45) is 77.7. The summed E-state index contributed by atoms with van der Waals surface area (Å²) in [5, 5.41) is 23.1. The highest BCUT2D eigenvalue weighted by molar-refractivity contribution is 5.76. The van der Waals surface area contributed by atoms with E-state index in [1.54, 1.807) is 6.08 Å². The number of rotatable bonds is 60. The minimum atomic E-state index is -0.845. The number of carbonyl (C=O) groups excluding carboxylic acids is 2. The van der Waals surface area contributed by atoms with E-state index in [1.807, 2.05) is 6.08 Å². The van der Waals surface area contributed by atoms with E-state index in [0.717, 1.165) is 44.9 Å². The molecule has 0 aromatic heterocycles. The molecule has 0 radical (unpaired) electrons. The average molecular weight is 1010 g/mol. The molecule has 0 aromatic carbocycles. The van der Waals surface area contributed by atoms with Crippen molar-refractivity contribution in [1.82, 2.24) is 5.32 Å². The number of hydrogen-bond donors (Lipinski definition) is 3. The van der Waals surface area contributed by atoms with Crippen molar-refractivity contribution in [3.63, 3.8) is 0 Å². The summed E-state index contributed by atoms with van der Waals surface area (Å²) >= 11 is 0. The number of amides is 1. The van der Waals surface area contributed by atoms with Gasteiger partial charge in [0.2, 0.25) is 5.91 Å². The van der Waals surface area contributed by atoms with Crippen molar-refractivity contribution in [3.8, 4) is 0 Å². The molecule has 0 fully saturated rings. The molecule has 0 aliphatic rings. The molecule has 72 heavy (non-hydrogen) atoms. The fourth-order valence-electron chi connectivity index (χ4n) is 9.92. The van der Waals surface area contributed by atoms with Gasteiger partial charge < -0.3 is 20.3 Å². The lowest BCUT2D eigenvalue weighted by Gasteiger charge is -2.20. The second kappa shape index (κ2) is 61.6. The van der Waals surface area contributed by atoms with Crippen LogP contribution in [-0.2, 0) is 14.3 Å². The van der Waals surface area contributed by atoms with Crippen LogP contribution in [0.25, 0.3) is 0 Å². The molecule has 0 aliphatic carbocycles.